The van der Waals surface area contributed by atoms with Gasteiger partial charge in [0.05, 0.1) is 44.2 Å². The molecule has 228 valence electrons. The quantitative estimate of drug-likeness (QED) is 0.112. The van der Waals surface area contributed by atoms with Crippen LogP contribution in [0, 0.1) is 0 Å². The maximum absolute atomic E-state index is 12.5. The number of unbranched alkanes of at least 4 members (excludes halogenated alkanes) is 1. The van der Waals surface area contributed by atoms with Crippen molar-refractivity contribution in [1.82, 2.24) is 0 Å². The third kappa shape index (κ3) is 10.0. The molecule has 3 aromatic carbocycles. The number of hydrogen-bond acceptors (Lipinski definition) is 6. The summed E-state index contributed by atoms with van der Waals surface area (Å²) >= 11 is 0. The fourth-order valence-corrected chi connectivity index (χ4v) is 4.70. The van der Waals surface area contributed by atoms with E-state index in [9.17, 15) is 14.0 Å². The number of rotatable bonds is 17. The first-order chi connectivity index (χ1) is 20.8. The third-order valence-corrected chi connectivity index (χ3v) is 7.19. The summed E-state index contributed by atoms with van der Waals surface area (Å²) in [6, 6.07) is 21.0. The Kier molecular flexibility index (Phi) is 13.3. The average molecular weight is 589 g/mol. The highest BCUT2D eigenvalue weighted by atomic mass is 19.1. The predicted octanol–water partition coefficient (Wildman–Crippen LogP) is 6.14. The summed E-state index contributed by atoms with van der Waals surface area (Å²) in [6.07, 6.45) is 4.02. The minimum absolute atomic E-state index is 0.000605. The maximum Gasteiger partial charge on any atom is 0.335 e. The predicted molar refractivity (Wildman–Crippen MR) is 167 cm³/mol. The zero-order valence-electron chi connectivity index (χ0n) is 24.9. The number of aliphatic hydroxyl groups excluding tert-OH is 2. The van der Waals surface area contributed by atoms with E-state index in [-0.39, 0.29) is 31.0 Å². The van der Waals surface area contributed by atoms with Gasteiger partial charge in [-0.25, -0.2) is 9.59 Å². The molecule has 0 fully saturated rings. The van der Waals surface area contributed by atoms with E-state index in [1.54, 1.807) is 0 Å². The molecule has 0 radical (unpaired) electrons. The second kappa shape index (κ2) is 17.1. The molecule has 0 amide bonds. The van der Waals surface area contributed by atoms with Crippen molar-refractivity contribution in [3.63, 3.8) is 0 Å². The van der Waals surface area contributed by atoms with E-state index in [0.717, 1.165) is 52.6 Å². The minimum atomic E-state index is -0.633. The van der Waals surface area contributed by atoms with Gasteiger partial charge in [0.25, 0.3) is 0 Å². The van der Waals surface area contributed by atoms with Gasteiger partial charge in [0.15, 0.2) is 0 Å². The number of carbonyl (C=O) groups is 2. The van der Waals surface area contributed by atoms with Crippen molar-refractivity contribution in [3.8, 4) is 22.3 Å². The van der Waals surface area contributed by atoms with Crippen molar-refractivity contribution < 1.29 is 33.7 Å². The summed E-state index contributed by atoms with van der Waals surface area (Å²) in [5, 5.41) is 18.2. The molecule has 0 saturated heterocycles. The molecule has 6 nitrogen and oxygen atoms in total. The van der Waals surface area contributed by atoms with E-state index >= 15 is 0 Å². The van der Waals surface area contributed by atoms with Crippen molar-refractivity contribution in [3.05, 3.63) is 107 Å². The van der Waals surface area contributed by atoms with Crippen LogP contribution in [-0.2, 0) is 44.7 Å². The molecule has 0 heterocycles. The summed E-state index contributed by atoms with van der Waals surface area (Å²) in [5.74, 6) is -1.27. The SMILES string of the molecule is C=C(CO)C(=O)OCCc1cc(CCOC(=O)C(=C)CO)cc(-c2ccc(-c3ccc(CCCCF)cc3)c(CC)c2)c1. The minimum Gasteiger partial charge on any atom is -0.462 e. The lowest BCUT2D eigenvalue weighted by molar-refractivity contribution is -0.140. The van der Waals surface area contributed by atoms with Gasteiger partial charge in [-0.1, -0.05) is 80.7 Å². The van der Waals surface area contributed by atoms with Crippen LogP contribution in [0.3, 0.4) is 0 Å². The molecule has 2 N–H and O–H groups in total. The van der Waals surface area contributed by atoms with Gasteiger partial charge in [-0.15, -0.1) is 0 Å². The van der Waals surface area contributed by atoms with Gasteiger partial charge >= 0.3 is 11.9 Å². The fourth-order valence-electron chi connectivity index (χ4n) is 4.70. The smallest absolute Gasteiger partial charge is 0.335 e. The molecule has 0 bridgehead atoms. The van der Waals surface area contributed by atoms with Crippen molar-refractivity contribution in [2.75, 3.05) is 33.1 Å². The van der Waals surface area contributed by atoms with E-state index in [4.69, 9.17) is 19.7 Å². The number of benzene rings is 3. The van der Waals surface area contributed by atoms with Crippen LogP contribution in [0.25, 0.3) is 22.3 Å². The number of hydrogen-bond donors (Lipinski definition) is 2. The molecular formula is C36H41FO6. The summed E-state index contributed by atoms with van der Waals surface area (Å²) in [6.45, 7) is 8.16. The molecule has 0 aliphatic carbocycles. The molecule has 3 aromatic rings. The van der Waals surface area contributed by atoms with Gasteiger partial charge in [-0.05, 0) is 70.2 Å². The molecule has 3 rings (SSSR count). The Morgan fingerprint density at radius 2 is 1.26 bits per heavy atom. The van der Waals surface area contributed by atoms with E-state index in [1.165, 1.54) is 11.1 Å². The molecule has 43 heavy (non-hydrogen) atoms. The first-order valence-corrected chi connectivity index (χ1v) is 14.6. The van der Waals surface area contributed by atoms with Crippen molar-refractivity contribution in [2.24, 2.45) is 0 Å². The molecule has 0 atom stereocenters. The molecule has 0 spiro atoms. The lowest BCUT2D eigenvalue weighted by Crippen LogP contribution is -2.13. The van der Waals surface area contributed by atoms with E-state index < -0.39 is 25.2 Å². The molecule has 0 aliphatic heterocycles. The van der Waals surface area contributed by atoms with Crippen LogP contribution in [0.15, 0.2) is 85.0 Å². The van der Waals surface area contributed by atoms with Gasteiger partial charge in [-0.3, -0.25) is 4.39 Å². The molecule has 0 aromatic heterocycles. The van der Waals surface area contributed by atoms with Crippen LogP contribution >= 0.6 is 0 Å². The average Bonchev–Trinajstić information content (AvgIpc) is 3.03. The second-order valence-corrected chi connectivity index (χ2v) is 10.4. The lowest BCUT2D eigenvalue weighted by Gasteiger charge is -2.15. The molecular weight excluding hydrogens is 547 g/mol. The van der Waals surface area contributed by atoms with Crippen LogP contribution in [0.2, 0.25) is 0 Å². The highest BCUT2D eigenvalue weighted by molar-refractivity contribution is 5.88. The van der Waals surface area contributed by atoms with Gasteiger partial charge in [0.1, 0.15) is 0 Å². The van der Waals surface area contributed by atoms with E-state index in [2.05, 4.69) is 74.7 Å². The van der Waals surface area contributed by atoms with Gasteiger partial charge < -0.3 is 19.7 Å². The number of alkyl halides is 1. The number of esters is 2. The zero-order valence-corrected chi connectivity index (χ0v) is 24.9. The van der Waals surface area contributed by atoms with Crippen molar-refractivity contribution >= 4 is 11.9 Å². The highest BCUT2D eigenvalue weighted by Gasteiger charge is 2.12. The summed E-state index contributed by atoms with van der Waals surface area (Å²) in [4.78, 5) is 23.9. The number of halogens is 1. The zero-order chi connectivity index (χ0) is 31.2. The Morgan fingerprint density at radius 3 is 1.77 bits per heavy atom. The summed E-state index contributed by atoms with van der Waals surface area (Å²) < 4.78 is 23.0. The standard InChI is InChI=1S/C36H41FO6/c1-4-30-22-32(12-13-34(30)31-10-8-27(9-11-31)7-5-6-16-37)33-20-28(14-17-42-35(40)25(2)23-38)19-29(21-33)15-18-43-36(41)26(3)24-39/h8-13,19-22,38-39H,2-7,14-18,23-24H2,1H3. The number of carbonyl (C=O) groups excluding carboxylic acids is 2. The largest absolute Gasteiger partial charge is 0.462 e. The number of aliphatic hydroxyl groups is 2. The van der Waals surface area contributed by atoms with Crippen LogP contribution in [0.1, 0.15) is 42.0 Å². The molecule has 0 aliphatic rings. The Labute approximate surface area is 253 Å². The van der Waals surface area contributed by atoms with E-state index in [1.807, 2.05) is 6.07 Å². The number of ether oxygens (including phenoxy) is 2. The maximum atomic E-state index is 12.5. The van der Waals surface area contributed by atoms with Crippen LogP contribution in [-0.4, -0.2) is 55.3 Å². The Balaban J connectivity index is 1.85. The molecule has 0 unspecified atom stereocenters. The Morgan fingerprint density at radius 1 is 0.698 bits per heavy atom. The van der Waals surface area contributed by atoms with Gasteiger partial charge in [0, 0.05) is 12.8 Å². The lowest BCUT2D eigenvalue weighted by atomic mass is 9.91. The topological polar surface area (TPSA) is 93.1 Å². The third-order valence-electron chi connectivity index (χ3n) is 7.19. The second-order valence-electron chi connectivity index (χ2n) is 10.4. The number of aryl methyl sites for hydroxylation is 2. The Hall–Kier alpha value is -4.07. The Bertz CT molecular complexity index is 1360. The first kappa shape index (κ1) is 33.4. The summed E-state index contributed by atoms with van der Waals surface area (Å²) in [7, 11) is 0. The molecule has 0 saturated carbocycles. The van der Waals surface area contributed by atoms with Crippen LogP contribution < -0.4 is 0 Å². The van der Waals surface area contributed by atoms with Gasteiger partial charge in [-0.2, -0.15) is 0 Å². The first-order valence-electron chi connectivity index (χ1n) is 14.6. The van der Waals surface area contributed by atoms with Crippen molar-refractivity contribution in [1.29, 1.82) is 0 Å². The van der Waals surface area contributed by atoms with Crippen LogP contribution in [0.5, 0.6) is 0 Å². The van der Waals surface area contributed by atoms with Gasteiger partial charge in [0.2, 0.25) is 0 Å². The van der Waals surface area contributed by atoms with Crippen molar-refractivity contribution in [2.45, 2.75) is 45.4 Å². The van der Waals surface area contributed by atoms with Crippen LogP contribution in [0.4, 0.5) is 4.39 Å². The monoisotopic (exact) mass is 588 g/mol. The normalized spacial score (nSPS) is 10.8. The van der Waals surface area contributed by atoms with E-state index in [0.29, 0.717) is 19.3 Å². The highest BCUT2D eigenvalue weighted by Crippen LogP contribution is 2.31. The molecule has 7 heteroatoms. The summed E-state index contributed by atoms with van der Waals surface area (Å²) in [5.41, 5.74) is 8.57. The fraction of sp³-hybridized carbons (Fsp3) is 0.333.